The summed E-state index contributed by atoms with van der Waals surface area (Å²) in [5, 5.41) is 7.08. The van der Waals surface area contributed by atoms with Crippen LogP contribution in [0.15, 0.2) is 168 Å². The maximum Gasteiger partial charge on any atom is 0.143 e. The lowest BCUT2D eigenvalue weighted by Gasteiger charge is -2.28. The van der Waals surface area contributed by atoms with Crippen LogP contribution in [-0.2, 0) is 5.41 Å². The molecule has 0 unspecified atom stereocenters. The Morgan fingerprint density at radius 2 is 1.08 bits per heavy atom. The lowest BCUT2D eigenvalue weighted by molar-refractivity contribution is 0.660. The molecule has 0 fully saturated rings. The zero-order valence-corrected chi connectivity index (χ0v) is 27.4. The SMILES string of the molecule is CC1(C)c2ccccc2-c2ccc(N(c3ccc(-c4ccc5ccccc5c4)cc3)c3ccc4oc5c6ccccc6ccc5c4c3)cc21. The third kappa shape index (κ3) is 4.27. The van der Waals surface area contributed by atoms with Gasteiger partial charge in [-0.3, -0.25) is 0 Å². The first kappa shape index (κ1) is 27.9. The molecule has 1 aliphatic carbocycles. The summed E-state index contributed by atoms with van der Waals surface area (Å²) in [6, 6.07) is 59.5. The summed E-state index contributed by atoms with van der Waals surface area (Å²) in [7, 11) is 0. The minimum absolute atomic E-state index is 0.0979. The van der Waals surface area contributed by atoms with Gasteiger partial charge >= 0.3 is 0 Å². The fourth-order valence-corrected chi connectivity index (χ4v) is 8.08. The largest absolute Gasteiger partial charge is 0.455 e. The number of anilines is 3. The molecule has 0 amide bonds. The van der Waals surface area contributed by atoms with E-state index < -0.39 is 0 Å². The number of hydrogen-bond donors (Lipinski definition) is 0. The van der Waals surface area contributed by atoms with E-state index in [-0.39, 0.29) is 5.41 Å². The molecule has 0 radical (unpaired) electrons. The summed E-state index contributed by atoms with van der Waals surface area (Å²) in [5.74, 6) is 0. The molecule has 0 saturated heterocycles. The molecular weight excluding hydrogens is 595 g/mol. The molecule has 1 heterocycles. The smallest absolute Gasteiger partial charge is 0.143 e. The first-order valence-electron chi connectivity index (χ1n) is 17.0. The van der Waals surface area contributed by atoms with Crippen LogP contribution in [0, 0.1) is 0 Å². The second-order valence-corrected chi connectivity index (χ2v) is 13.8. The van der Waals surface area contributed by atoms with E-state index in [0.29, 0.717) is 0 Å². The minimum Gasteiger partial charge on any atom is -0.455 e. The average Bonchev–Trinajstić information content (AvgIpc) is 3.64. The summed E-state index contributed by atoms with van der Waals surface area (Å²) < 4.78 is 6.51. The van der Waals surface area contributed by atoms with Crippen molar-refractivity contribution in [3.05, 3.63) is 175 Å². The summed E-state index contributed by atoms with van der Waals surface area (Å²) >= 11 is 0. The molecule has 9 aromatic rings. The van der Waals surface area contributed by atoms with Crippen molar-refractivity contribution in [2.45, 2.75) is 19.3 Å². The predicted octanol–water partition coefficient (Wildman–Crippen LogP) is 13.3. The fraction of sp³-hybridized carbons (Fsp3) is 0.0638. The highest BCUT2D eigenvalue weighted by molar-refractivity contribution is 6.15. The van der Waals surface area contributed by atoms with E-state index in [4.69, 9.17) is 4.42 Å². The summed E-state index contributed by atoms with van der Waals surface area (Å²) in [6.07, 6.45) is 0. The third-order valence-corrected chi connectivity index (χ3v) is 10.6. The van der Waals surface area contributed by atoms with Gasteiger partial charge in [-0.2, -0.15) is 0 Å². The Balaban J connectivity index is 1.14. The van der Waals surface area contributed by atoms with Crippen LogP contribution in [0.3, 0.4) is 0 Å². The van der Waals surface area contributed by atoms with Gasteiger partial charge in [0.05, 0.1) is 0 Å². The molecule has 49 heavy (non-hydrogen) atoms. The Hall–Kier alpha value is -6.12. The normalized spacial score (nSPS) is 13.3. The molecule has 2 nitrogen and oxygen atoms in total. The van der Waals surface area contributed by atoms with Crippen LogP contribution >= 0.6 is 0 Å². The zero-order valence-electron chi connectivity index (χ0n) is 27.4. The Bertz CT molecular complexity index is 2750. The lowest BCUT2D eigenvalue weighted by atomic mass is 9.82. The summed E-state index contributed by atoms with van der Waals surface area (Å²) in [5.41, 5.74) is 12.9. The number of nitrogens with zero attached hydrogens (tertiary/aromatic N) is 1. The van der Waals surface area contributed by atoms with Crippen molar-refractivity contribution in [1.29, 1.82) is 0 Å². The molecule has 2 heteroatoms. The molecular formula is C47H33NO. The molecule has 0 N–H and O–H groups in total. The number of rotatable bonds is 4. The standard InChI is InChI=1S/C47H33NO/c1-47(2)43-14-8-7-13-39(43)40-25-22-37(29-44(40)47)48(35-20-17-31(18-21-35)34-16-15-30-9-3-4-11-33(30)27-34)36-23-26-45-42(28-36)41-24-19-32-10-5-6-12-38(32)46(41)49-45/h3-29H,1-2H3. The van der Waals surface area contributed by atoms with E-state index in [1.165, 1.54) is 49.5 Å². The molecule has 232 valence electrons. The lowest BCUT2D eigenvalue weighted by Crippen LogP contribution is -2.16. The van der Waals surface area contributed by atoms with Gasteiger partial charge in [0.25, 0.3) is 0 Å². The van der Waals surface area contributed by atoms with Gasteiger partial charge in [-0.25, -0.2) is 0 Å². The van der Waals surface area contributed by atoms with Crippen molar-refractivity contribution in [1.82, 2.24) is 0 Å². The minimum atomic E-state index is -0.0979. The summed E-state index contributed by atoms with van der Waals surface area (Å²) in [4.78, 5) is 2.39. The maximum atomic E-state index is 6.51. The van der Waals surface area contributed by atoms with E-state index in [0.717, 1.165) is 44.4 Å². The van der Waals surface area contributed by atoms with Crippen LogP contribution in [0.25, 0.3) is 65.7 Å². The Kier molecular flexibility index (Phi) is 5.95. The van der Waals surface area contributed by atoms with Crippen LogP contribution < -0.4 is 4.90 Å². The maximum absolute atomic E-state index is 6.51. The van der Waals surface area contributed by atoms with Gasteiger partial charge in [0.2, 0.25) is 0 Å². The van der Waals surface area contributed by atoms with Crippen LogP contribution in [0.1, 0.15) is 25.0 Å². The Morgan fingerprint density at radius 1 is 0.429 bits per heavy atom. The van der Waals surface area contributed by atoms with E-state index in [9.17, 15) is 0 Å². The monoisotopic (exact) mass is 627 g/mol. The molecule has 10 rings (SSSR count). The van der Waals surface area contributed by atoms with Gasteiger partial charge in [0.15, 0.2) is 0 Å². The zero-order chi connectivity index (χ0) is 32.7. The second-order valence-electron chi connectivity index (χ2n) is 13.8. The van der Waals surface area contributed by atoms with Crippen molar-refractivity contribution in [3.63, 3.8) is 0 Å². The number of fused-ring (bicyclic) bond motifs is 9. The highest BCUT2D eigenvalue weighted by atomic mass is 16.3. The molecule has 0 bridgehead atoms. The molecule has 1 aromatic heterocycles. The molecule has 0 aliphatic heterocycles. The van der Waals surface area contributed by atoms with Gasteiger partial charge in [-0.1, -0.05) is 123 Å². The van der Waals surface area contributed by atoms with Crippen molar-refractivity contribution >= 4 is 60.5 Å². The number of furan rings is 1. The van der Waals surface area contributed by atoms with Gasteiger partial charge in [0.1, 0.15) is 11.2 Å². The highest BCUT2D eigenvalue weighted by Gasteiger charge is 2.35. The van der Waals surface area contributed by atoms with Crippen LogP contribution in [-0.4, -0.2) is 0 Å². The van der Waals surface area contributed by atoms with Gasteiger partial charge in [-0.05, 0) is 104 Å². The molecule has 8 aromatic carbocycles. The van der Waals surface area contributed by atoms with Crippen LogP contribution in [0.4, 0.5) is 17.1 Å². The van der Waals surface area contributed by atoms with Crippen molar-refractivity contribution in [2.24, 2.45) is 0 Å². The fourth-order valence-electron chi connectivity index (χ4n) is 8.08. The second kappa shape index (κ2) is 10.4. The molecule has 0 saturated carbocycles. The van der Waals surface area contributed by atoms with Gasteiger partial charge in [0, 0.05) is 38.6 Å². The quantitative estimate of drug-likeness (QED) is 0.193. The summed E-state index contributed by atoms with van der Waals surface area (Å²) in [6.45, 7) is 4.69. The first-order chi connectivity index (χ1) is 24.0. The number of benzene rings is 8. The third-order valence-electron chi connectivity index (χ3n) is 10.6. The van der Waals surface area contributed by atoms with Gasteiger partial charge in [-0.15, -0.1) is 0 Å². The molecule has 0 spiro atoms. The van der Waals surface area contributed by atoms with Crippen molar-refractivity contribution < 1.29 is 4.42 Å². The van der Waals surface area contributed by atoms with Gasteiger partial charge < -0.3 is 9.32 Å². The van der Waals surface area contributed by atoms with Crippen molar-refractivity contribution in [2.75, 3.05) is 4.90 Å². The van der Waals surface area contributed by atoms with E-state index in [1.807, 2.05) is 0 Å². The number of hydrogen-bond acceptors (Lipinski definition) is 2. The Morgan fingerprint density at radius 3 is 1.96 bits per heavy atom. The topological polar surface area (TPSA) is 16.4 Å². The molecule has 0 atom stereocenters. The van der Waals surface area contributed by atoms with E-state index >= 15 is 0 Å². The first-order valence-corrected chi connectivity index (χ1v) is 17.0. The van der Waals surface area contributed by atoms with Crippen LogP contribution in [0.5, 0.6) is 0 Å². The predicted molar refractivity (Wildman–Crippen MR) is 206 cm³/mol. The average molecular weight is 628 g/mol. The Labute approximate surface area is 285 Å². The van der Waals surface area contributed by atoms with Crippen molar-refractivity contribution in [3.8, 4) is 22.3 Å². The van der Waals surface area contributed by atoms with E-state index in [1.54, 1.807) is 0 Å². The molecule has 1 aliphatic rings. The highest BCUT2D eigenvalue weighted by Crippen LogP contribution is 2.51. The van der Waals surface area contributed by atoms with Crippen LogP contribution in [0.2, 0.25) is 0 Å². The van der Waals surface area contributed by atoms with E-state index in [2.05, 4.69) is 183 Å².